The molecule has 1 atom stereocenters. The van der Waals surface area contributed by atoms with Crippen LogP contribution in [-0.2, 0) is 0 Å². The lowest BCUT2D eigenvalue weighted by atomic mass is 9.74. The van der Waals surface area contributed by atoms with Crippen molar-refractivity contribution in [2.24, 2.45) is 17.3 Å². The van der Waals surface area contributed by atoms with E-state index in [0.29, 0.717) is 5.41 Å². The largest absolute Gasteiger partial charge is 0.0654 e. The fraction of sp³-hybridized carbons (Fsp3) is 1.00. The van der Waals surface area contributed by atoms with E-state index in [-0.39, 0.29) is 0 Å². The normalized spacial score (nSPS) is 22.9. The van der Waals surface area contributed by atoms with Gasteiger partial charge in [0.1, 0.15) is 0 Å². The maximum absolute atomic E-state index is 2.52. The molecule has 0 spiro atoms. The highest BCUT2D eigenvalue weighted by atomic mass is 14.4. The van der Waals surface area contributed by atoms with Crippen LogP contribution in [0.1, 0.15) is 72.6 Å². The van der Waals surface area contributed by atoms with Crippen LogP contribution < -0.4 is 0 Å². The first-order chi connectivity index (χ1) is 6.57. The second-order valence-corrected chi connectivity index (χ2v) is 6.01. The van der Waals surface area contributed by atoms with Crippen LogP contribution in [0.4, 0.5) is 0 Å². The van der Waals surface area contributed by atoms with E-state index in [4.69, 9.17) is 0 Å². The molecule has 1 aliphatic carbocycles. The Morgan fingerprint density at radius 3 is 2.14 bits per heavy atom. The standard InChI is InChI=1S/C14H28/c1-5-8-13(12(2)3)11-14(4)9-6-7-10-14/h12-13H,5-11H2,1-4H3. The van der Waals surface area contributed by atoms with Gasteiger partial charge in [0, 0.05) is 0 Å². The molecule has 14 heavy (non-hydrogen) atoms. The maximum Gasteiger partial charge on any atom is -0.0323 e. The quantitative estimate of drug-likeness (QED) is 0.578. The van der Waals surface area contributed by atoms with Gasteiger partial charge in [-0.3, -0.25) is 0 Å². The van der Waals surface area contributed by atoms with Crippen molar-refractivity contribution in [2.45, 2.75) is 72.6 Å². The van der Waals surface area contributed by atoms with Crippen molar-refractivity contribution in [2.75, 3.05) is 0 Å². The van der Waals surface area contributed by atoms with Crippen molar-refractivity contribution in [1.29, 1.82) is 0 Å². The van der Waals surface area contributed by atoms with E-state index in [2.05, 4.69) is 27.7 Å². The fourth-order valence-electron chi connectivity index (χ4n) is 3.11. The van der Waals surface area contributed by atoms with E-state index in [1.807, 2.05) is 0 Å². The first kappa shape index (κ1) is 12.1. The molecule has 1 saturated carbocycles. The molecule has 0 aromatic heterocycles. The van der Waals surface area contributed by atoms with Gasteiger partial charge < -0.3 is 0 Å². The van der Waals surface area contributed by atoms with Gasteiger partial charge in [0.05, 0.1) is 0 Å². The molecule has 84 valence electrons. The molecule has 1 fully saturated rings. The van der Waals surface area contributed by atoms with Crippen LogP contribution in [0.25, 0.3) is 0 Å². The van der Waals surface area contributed by atoms with Crippen LogP contribution in [0.5, 0.6) is 0 Å². The Morgan fingerprint density at radius 2 is 1.71 bits per heavy atom. The highest BCUT2D eigenvalue weighted by Gasteiger charge is 2.31. The predicted molar refractivity (Wildman–Crippen MR) is 64.4 cm³/mol. The Kier molecular flexibility index (Phi) is 4.47. The molecule has 0 aliphatic heterocycles. The third-order valence-corrected chi connectivity index (χ3v) is 4.17. The van der Waals surface area contributed by atoms with Gasteiger partial charge in [-0.05, 0) is 36.5 Å². The Labute approximate surface area is 90.5 Å². The van der Waals surface area contributed by atoms with Gasteiger partial charge in [-0.1, -0.05) is 53.4 Å². The van der Waals surface area contributed by atoms with Crippen LogP contribution in [0, 0.1) is 17.3 Å². The number of hydrogen-bond donors (Lipinski definition) is 0. The topological polar surface area (TPSA) is 0 Å². The van der Waals surface area contributed by atoms with Gasteiger partial charge in [-0.2, -0.15) is 0 Å². The summed E-state index contributed by atoms with van der Waals surface area (Å²) in [5.41, 5.74) is 0.699. The molecule has 1 unspecified atom stereocenters. The van der Waals surface area contributed by atoms with Gasteiger partial charge in [0.15, 0.2) is 0 Å². The molecule has 0 amide bonds. The maximum atomic E-state index is 2.52. The molecule has 0 N–H and O–H groups in total. The van der Waals surface area contributed by atoms with Gasteiger partial charge in [0.25, 0.3) is 0 Å². The van der Waals surface area contributed by atoms with Gasteiger partial charge >= 0.3 is 0 Å². The second-order valence-electron chi connectivity index (χ2n) is 6.01. The van der Waals surface area contributed by atoms with Gasteiger partial charge in [0.2, 0.25) is 0 Å². The summed E-state index contributed by atoms with van der Waals surface area (Å²) in [6, 6.07) is 0. The summed E-state index contributed by atoms with van der Waals surface area (Å²) in [6.45, 7) is 9.65. The SMILES string of the molecule is CCCC(CC1(C)CCCC1)C(C)C. The summed E-state index contributed by atoms with van der Waals surface area (Å²) in [5, 5.41) is 0. The van der Waals surface area contributed by atoms with Crippen LogP contribution in [0.15, 0.2) is 0 Å². The lowest BCUT2D eigenvalue weighted by Gasteiger charge is -2.31. The zero-order valence-corrected chi connectivity index (χ0v) is 10.6. The Bertz CT molecular complexity index is 151. The van der Waals surface area contributed by atoms with Crippen molar-refractivity contribution in [3.8, 4) is 0 Å². The van der Waals surface area contributed by atoms with Crippen molar-refractivity contribution in [3.05, 3.63) is 0 Å². The van der Waals surface area contributed by atoms with E-state index in [9.17, 15) is 0 Å². The Hall–Kier alpha value is 0. The van der Waals surface area contributed by atoms with E-state index in [0.717, 1.165) is 11.8 Å². The molecule has 0 heterocycles. The molecule has 0 saturated heterocycles. The Morgan fingerprint density at radius 1 is 1.14 bits per heavy atom. The zero-order chi connectivity index (χ0) is 10.6. The average Bonchev–Trinajstić information content (AvgIpc) is 2.51. The zero-order valence-electron chi connectivity index (χ0n) is 10.6. The van der Waals surface area contributed by atoms with Crippen LogP contribution in [-0.4, -0.2) is 0 Å². The third-order valence-electron chi connectivity index (χ3n) is 4.17. The van der Waals surface area contributed by atoms with Crippen molar-refractivity contribution in [1.82, 2.24) is 0 Å². The molecular formula is C14H28. The molecule has 0 bridgehead atoms. The number of rotatable bonds is 5. The van der Waals surface area contributed by atoms with Crippen molar-refractivity contribution >= 4 is 0 Å². The van der Waals surface area contributed by atoms with E-state index >= 15 is 0 Å². The van der Waals surface area contributed by atoms with Crippen molar-refractivity contribution in [3.63, 3.8) is 0 Å². The molecule has 1 aliphatic rings. The number of hydrogen-bond acceptors (Lipinski definition) is 0. The molecule has 0 radical (unpaired) electrons. The second kappa shape index (κ2) is 5.19. The predicted octanol–water partition coefficient (Wildman–Crippen LogP) is 5.03. The molecule has 1 rings (SSSR count). The molecule has 0 heteroatoms. The highest BCUT2D eigenvalue weighted by molar-refractivity contribution is 4.83. The average molecular weight is 196 g/mol. The summed E-state index contributed by atoms with van der Waals surface area (Å²) in [4.78, 5) is 0. The summed E-state index contributed by atoms with van der Waals surface area (Å²) in [7, 11) is 0. The first-order valence-electron chi connectivity index (χ1n) is 6.57. The summed E-state index contributed by atoms with van der Waals surface area (Å²) >= 11 is 0. The fourth-order valence-corrected chi connectivity index (χ4v) is 3.11. The van der Waals surface area contributed by atoms with Crippen LogP contribution in [0.3, 0.4) is 0 Å². The minimum absolute atomic E-state index is 0.699. The summed E-state index contributed by atoms with van der Waals surface area (Å²) in [5.74, 6) is 1.86. The van der Waals surface area contributed by atoms with E-state index < -0.39 is 0 Å². The lowest BCUT2D eigenvalue weighted by Crippen LogP contribution is -2.20. The van der Waals surface area contributed by atoms with Gasteiger partial charge in [-0.25, -0.2) is 0 Å². The minimum Gasteiger partial charge on any atom is -0.0654 e. The molecular weight excluding hydrogens is 168 g/mol. The van der Waals surface area contributed by atoms with Crippen molar-refractivity contribution < 1.29 is 0 Å². The highest BCUT2D eigenvalue weighted by Crippen LogP contribution is 2.44. The molecule has 0 aromatic rings. The minimum atomic E-state index is 0.699. The first-order valence-corrected chi connectivity index (χ1v) is 6.57. The van der Waals surface area contributed by atoms with Crippen LogP contribution in [0.2, 0.25) is 0 Å². The Balaban J connectivity index is 2.45. The lowest BCUT2D eigenvalue weighted by molar-refractivity contribution is 0.198. The van der Waals surface area contributed by atoms with E-state index in [1.54, 1.807) is 0 Å². The molecule has 0 aromatic carbocycles. The van der Waals surface area contributed by atoms with Gasteiger partial charge in [-0.15, -0.1) is 0 Å². The molecule has 0 nitrogen and oxygen atoms in total. The smallest absolute Gasteiger partial charge is 0.0323 e. The monoisotopic (exact) mass is 196 g/mol. The summed E-state index contributed by atoms with van der Waals surface area (Å²) < 4.78 is 0. The third kappa shape index (κ3) is 3.29. The van der Waals surface area contributed by atoms with E-state index in [1.165, 1.54) is 44.9 Å². The van der Waals surface area contributed by atoms with Crippen LogP contribution >= 0.6 is 0 Å². The summed E-state index contributed by atoms with van der Waals surface area (Å²) in [6.07, 6.45) is 10.2.